The summed E-state index contributed by atoms with van der Waals surface area (Å²) >= 11 is 3.35. The third kappa shape index (κ3) is 1.87. The molecule has 1 aromatic carbocycles. The number of rotatable bonds is 2. The highest BCUT2D eigenvalue weighted by molar-refractivity contribution is 9.10. The quantitative estimate of drug-likeness (QED) is 0.850. The first kappa shape index (κ1) is 10.2. The van der Waals surface area contributed by atoms with Crippen LogP contribution in [0.25, 0.3) is 11.5 Å². The van der Waals surface area contributed by atoms with Gasteiger partial charge in [-0.15, -0.1) is 0 Å². The van der Waals surface area contributed by atoms with Crippen LogP contribution in [-0.4, -0.2) is 10.1 Å². The fraction of sp³-hybridized carbons (Fsp3) is 0.200. The second-order valence-electron chi connectivity index (χ2n) is 3.07. The first-order chi connectivity index (χ1) is 7.22. The largest absolute Gasteiger partial charge is 0.397 e. The van der Waals surface area contributed by atoms with Gasteiger partial charge in [-0.3, -0.25) is 0 Å². The third-order valence-corrected chi connectivity index (χ3v) is 2.76. The van der Waals surface area contributed by atoms with Gasteiger partial charge in [0.15, 0.2) is 5.82 Å². The Bertz CT molecular complexity index is 481. The molecule has 0 aliphatic carbocycles. The molecule has 2 rings (SSSR count). The molecule has 1 aromatic heterocycles. The van der Waals surface area contributed by atoms with Crippen LogP contribution >= 0.6 is 15.9 Å². The van der Waals surface area contributed by atoms with E-state index in [2.05, 4.69) is 26.1 Å². The van der Waals surface area contributed by atoms with E-state index in [-0.39, 0.29) is 0 Å². The van der Waals surface area contributed by atoms with E-state index in [4.69, 9.17) is 10.3 Å². The fourth-order valence-electron chi connectivity index (χ4n) is 1.23. The molecule has 0 bridgehead atoms. The Balaban J connectivity index is 2.49. The lowest BCUT2D eigenvalue weighted by atomic mass is 10.2. The third-order valence-electron chi connectivity index (χ3n) is 2.07. The Kier molecular flexibility index (Phi) is 2.73. The van der Waals surface area contributed by atoms with Gasteiger partial charge in [0.1, 0.15) is 0 Å². The lowest BCUT2D eigenvalue weighted by Gasteiger charge is -2.01. The van der Waals surface area contributed by atoms with Gasteiger partial charge in [-0.2, -0.15) is 4.98 Å². The summed E-state index contributed by atoms with van der Waals surface area (Å²) in [6.45, 7) is 1.97. The van der Waals surface area contributed by atoms with Gasteiger partial charge in [-0.25, -0.2) is 0 Å². The summed E-state index contributed by atoms with van der Waals surface area (Å²) in [6, 6.07) is 5.61. The van der Waals surface area contributed by atoms with Crippen molar-refractivity contribution in [3.8, 4) is 11.5 Å². The van der Waals surface area contributed by atoms with Crippen LogP contribution in [0.5, 0.6) is 0 Å². The van der Waals surface area contributed by atoms with Gasteiger partial charge in [0.25, 0.3) is 5.89 Å². The summed E-state index contributed by atoms with van der Waals surface area (Å²) in [5, 5.41) is 3.82. The van der Waals surface area contributed by atoms with Gasteiger partial charge in [-0.05, 0) is 28.1 Å². The van der Waals surface area contributed by atoms with Crippen molar-refractivity contribution in [2.45, 2.75) is 13.3 Å². The number of nitrogens with zero attached hydrogens (tertiary/aromatic N) is 2. The maximum atomic E-state index is 5.89. The molecule has 0 atom stereocenters. The van der Waals surface area contributed by atoms with Crippen molar-refractivity contribution < 1.29 is 4.52 Å². The van der Waals surface area contributed by atoms with E-state index < -0.39 is 0 Å². The summed E-state index contributed by atoms with van der Waals surface area (Å²) in [5.41, 5.74) is 7.27. The van der Waals surface area contributed by atoms with Crippen LogP contribution in [0.15, 0.2) is 27.2 Å². The summed E-state index contributed by atoms with van der Waals surface area (Å²) in [6.07, 6.45) is 0.747. The van der Waals surface area contributed by atoms with E-state index in [9.17, 15) is 0 Å². The molecule has 4 nitrogen and oxygen atoms in total. The predicted molar refractivity (Wildman–Crippen MR) is 61.2 cm³/mol. The number of hydrogen-bond donors (Lipinski definition) is 1. The number of nitrogen functional groups attached to an aromatic ring is 1. The zero-order chi connectivity index (χ0) is 10.8. The fourth-order valence-corrected chi connectivity index (χ4v) is 1.60. The van der Waals surface area contributed by atoms with E-state index in [1.807, 2.05) is 25.1 Å². The molecule has 2 aromatic rings. The van der Waals surface area contributed by atoms with Crippen LogP contribution in [0.2, 0.25) is 0 Å². The number of benzene rings is 1. The summed E-state index contributed by atoms with van der Waals surface area (Å²) < 4.78 is 5.95. The Hall–Kier alpha value is -1.36. The molecule has 78 valence electrons. The molecule has 0 aliphatic rings. The highest BCUT2D eigenvalue weighted by Gasteiger charge is 2.11. The minimum absolute atomic E-state index is 0.464. The first-order valence-corrected chi connectivity index (χ1v) is 5.38. The number of aryl methyl sites for hydroxylation is 1. The lowest BCUT2D eigenvalue weighted by Crippen LogP contribution is -1.91. The molecule has 0 fully saturated rings. The minimum atomic E-state index is 0.464. The van der Waals surface area contributed by atoms with Crippen LogP contribution in [0, 0.1) is 0 Å². The number of para-hydroxylation sites is 1. The van der Waals surface area contributed by atoms with Crippen LogP contribution < -0.4 is 5.73 Å². The van der Waals surface area contributed by atoms with Crippen LogP contribution in [0.4, 0.5) is 5.69 Å². The van der Waals surface area contributed by atoms with E-state index >= 15 is 0 Å². The van der Waals surface area contributed by atoms with E-state index in [0.29, 0.717) is 17.4 Å². The Morgan fingerprint density at radius 2 is 2.27 bits per heavy atom. The number of nitrogens with two attached hydrogens (primary N) is 1. The molecule has 2 N–H and O–H groups in total. The number of anilines is 1. The Morgan fingerprint density at radius 3 is 2.93 bits per heavy atom. The van der Waals surface area contributed by atoms with Crippen LogP contribution in [0.1, 0.15) is 12.7 Å². The number of halogens is 1. The highest BCUT2D eigenvalue weighted by Crippen LogP contribution is 2.30. The zero-order valence-corrected chi connectivity index (χ0v) is 9.78. The molecule has 5 heteroatoms. The molecular formula is C10H10BrN3O. The Labute approximate surface area is 95.6 Å². The van der Waals surface area contributed by atoms with Gasteiger partial charge >= 0.3 is 0 Å². The maximum Gasteiger partial charge on any atom is 0.260 e. The first-order valence-electron chi connectivity index (χ1n) is 4.59. The molecule has 0 unspecified atom stereocenters. The van der Waals surface area contributed by atoms with Gasteiger partial charge in [0.2, 0.25) is 0 Å². The maximum absolute atomic E-state index is 5.89. The van der Waals surface area contributed by atoms with Crippen molar-refractivity contribution in [2.24, 2.45) is 0 Å². The average molecular weight is 268 g/mol. The average Bonchev–Trinajstić information content (AvgIpc) is 2.70. The molecule has 0 radical (unpaired) electrons. The molecule has 0 aliphatic heterocycles. The topological polar surface area (TPSA) is 64.9 Å². The zero-order valence-electron chi connectivity index (χ0n) is 8.20. The SMILES string of the molecule is CCc1noc(-c2cccc(Br)c2N)n1. The van der Waals surface area contributed by atoms with Gasteiger partial charge < -0.3 is 10.3 Å². The standard InChI is InChI=1S/C10H10BrN3O/c1-2-8-13-10(15-14-8)6-4-3-5-7(11)9(6)12/h3-5H,2,12H2,1H3. The van der Waals surface area contributed by atoms with Gasteiger partial charge in [0, 0.05) is 10.9 Å². The second kappa shape index (κ2) is 4.02. The minimum Gasteiger partial charge on any atom is -0.397 e. The molecule has 15 heavy (non-hydrogen) atoms. The highest BCUT2D eigenvalue weighted by atomic mass is 79.9. The van der Waals surface area contributed by atoms with Crippen molar-refractivity contribution in [1.29, 1.82) is 0 Å². The molecule has 0 spiro atoms. The molecular weight excluding hydrogens is 258 g/mol. The van der Waals surface area contributed by atoms with Crippen LogP contribution in [-0.2, 0) is 6.42 Å². The van der Waals surface area contributed by atoms with Crippen molar-refractivity contribution in [2.75, 3.05) is 5.73 Å². The van der Waals surface area contributed by atoms with E-state index in [0.717, 1.165) is 16.5 Å². The van der Waals surface area contributed by atoms with Crippen molar-refractivity contribution in [3.63, 3.8) is 0 Å². The summed E-state index contributed by atoms with van der Waals surface area (Å²) in [5.74, 6) is 1.15. The number of aromatic nitrogens is 2. The van der Waals surface area contributed by atoms with Gasteiger partial charge in [0.05, 0.1) is 11.3 Å². The normalized spacial score (nSPS) is 10.5. The number of hydrogen-bond acceptors (Lipinski definition) is 4. The molecule has 0 saturated carbocycles. The smallest absolute Gasteiger partial charge is 0.260 e. The van der Waals surface area contributed by atoms with Crippen molar-refractivity contribution in [3.05, 3.63) is 28.5 Å². The predicted octanol–water partition coefficient (Wildman–Crippen LogP) is 2.64. The van der Waals surface area contributed by atoms with E-state index in [1.165, 1.54) is 0 Å². The van der Waals surface area contributed by atoms with E-state index in [1.54, 1.807) is 0 Å². The second-order valence-corrected chi connectivity index (χ2v) is 3.92. The molecule has 1 heterocycles. The van der Waals surface area contributed by atoms with Crippen LogP contribution in [0.3, 0.4) is 0 Å². The summed E-state index contributed by atoms with van der Waals surface area (Å²) in [4.78, 5) is 4.22. The Morgan fingerprint density at radius 1 is 1.47 bits per heavy atom. The monoisotopic (exact) mass is 267 g/mol. The summed E-state index contributed by atoms with van der Waals surface area (Å²) in [7, 11) is 0. The van der Waals surface area contributed by atoms with Gasteiger partial charge in [-0.1, -0.05) is 18.1 Å². The van der Waals surface area contributed by atoms with Crippen molar-refractivity contribution in [1.82, 2.24) is 10.1 Å². The van der Waals surface area contributed by atoms with Crippen molar-refractivity contribution >= 4 is 21.6 Å². The lowest BCUT2D eigenvalue weighted by molar-refractivity contribution is 0.423. The molecule has 0 amide bonds. The molecule has 0 saturated heterocycles.